The van der Waals surface area contributed by atoms with Gasteiger partial charge in [-0.3, -0.25) is 10.2 Å². The van der Waals surface area contributed by atoms with Crippen LogP contribution in [0.3, 0.4) is 0 Å². The van der Waals surface area contributed by atoms with Gasteiger partial charge in [-0.2, -0.15) is 0 Å². The average Bonchev–Trinajstić information content (AvgIpc) is 2.70. The molecule has 3 rings (SSSR count). The van der Waals surface area contributed by atoms with E-state index in [0.29, 0.717) is 6.04 Å². The first-order valence-corrected chi connectivity index (χ1v) is 10.7. The van der Waals surface area contributed by atoms with Crippen molar-refractivity contribution in [3.8, 4) is 5.75 Å². The van der Waals surface area contributed by atoms with E-state index in [2.05, 4.69) is 17.1 Å². The summed E-state index contributed by atoms with van der Waals surface area (Å²) in [7, 11) is 0. The van der Waals surface area contributed by atoms with Crippen molar-refractivity contribution in [2.24, 2.45) is 0 Å². The zero-order valence-corrected chi connectivity index (χ0v) is 16.6. The number of anilines is 1. The van der Waals surface area contributed by atoms with Crippen molar-refractivity contribution in [1.29, 1.82) is 0 Å². The van der Waals surface area contributed by atoms with Gasteiger partial charge in [0.15, 0.2) is 0 Å². The van der Waals surface area contributed by atoms with Crippen LogP contribution in [-0.4, -0.2) is 42.8 Å². The topological polar surface area (TPSA) is 50.8 Å². The molecule has 1 aliphatic heterocycles. The number of unbranched alkanes of at least 4 members (excludes halogenated alkanes) is 1. The maximum atomic E-state index is 12.4. The summed E-state index contributed by atoms with van der Waals surface area (Å²) in [5, 5.41) is 2.87. The van der Waals surface area contributed by atoms with Crippen LogP contribution < -0.4 is 10.1 Å². The Morgan fingerprint density at radius 1 is 1.07 bits per heavy atom. The first-order chi connectivity index (χ1) is 13.3. The van der Waals surface area contributed by atoms with Crippen LogP contribution >= 0.6 is 0 Å². The van der Waals surface area contributed by atoms with Crippen LogP contribution in [0.1, 0.15) is 64.7 Å². The van der Waals surface area contributed by atoms with E-state index >= 15 is 0 Å². The van der Waals surface area contributed by atoms with Gasteiger partial charge in [0, 0.05) is 11.7 Å². The van der Waals surface area contributed by atoms with Crippen LogP contribution in [0, 0.1) is 0 Å². The van der Waals surface area contributed by atoms with Gasteiger partial charge in [-0.15, -0.1) is 0 Å². The number of ether oxygens (including phenoxy) is 2. The summed E-state index contributed by atoms with van der Waals surface area (Å²) < 4.78 is 11.5. The Kier molecular flexibility index (Phi) is 7.81. The fraction of sp³-hybridized carbons (Fsp3) is 0.682. The second-order valence-corrected chi connectivity index (χ2v) is 7.74. The largest absolute Gasteiger partial charge is 0.494 e. The molecule has 5 heteroatoms. The minimum absolute atomic E-state index is 0.00787. The van der Waals surface area contributed by atoms with Crippen molar-refractivity contribution in [3.63, 3.8) is 0 Å². The summed E-state index contributed by atoms with van der Waals surface area (Å²) in [6.45, 7) is 5.16. The first kappa shape index (κ1) is 20.0. The second kappa shape index (κ2) is 10.5. The van der Waals surface area contributed by atoms with Crippen LogP contribution in [-0.2, 0) is 4.74 Å². The first-order valence-electron chi connectivity index (χ1n) is 10.7. The third-order valence-electron chi connectivity index (χ3n) is 5.65. The van der Waals surface area contributed by atoms with Crippen molar-refractivity contribution < 1.29 is 14.3 Å². The number of nitrogens with zero attached hydrogens (tertiary/aromatic N) is 1. The molecule has 1 aromatic rings. The third kappa shape index (κ3) is 6.13. The van der Waals surface area contributed by atoms with Gasteiger partial charge in [0.1, 0.15) is 11.9 Å². The fourth-order valence-electron chi connectivity index (χ4n) is 4.14. The normalized spacial score (nSPS) is 23.6. The van der Waals surface area contributed by atoms with Crippen LogP contribution in [0.15, 0.2) is 24.3 Å². The molecular formula is C22H34N2O3. The molecule has 1 aromatic carbocycles. The number of hydrogen-bond donors (Lipinski definition) is 1. The lowest BCUT2D eigenvalue weighted by molar-refractivity contribution is 0.00174. The molecule has 1 saturated carbocycles. The van der Waals surface area contributed by atoms with E-state index in [1.54, 1.807) is 0 Å². The lowest BCUT2D eigenvalue weighted by Crippen LogP contribution is -2.49. The summed E-state index contributed by atoms with van der Waals surface area (Å²) in [6, 6.07) is 7.90. The number of nitrogens with one attached hydrogen (secondary N) is 1. The summed E-state index contributed by atoms with van der Waals surface area (Å²) in [6.07, 6.45) is 10.2. The fourth-order valence-corrected chi connectivity index (χ4v) is 4.14. The molecule has 1 aliphatic carbocycles. The highest BCUT2D eigenvalue weighted by Gasteiger charge is 2.33. The van der Waals surface area contributed by atoms with Gasteiger partial charge in [-0.25, -0.2) is 4.79 Å². The van der Waals surface area contributed by atoms with Crippen molar-refractivity contribution >= 4 is 11.8 Å². The smallest absolute Gasteiger partial charge is 0.411 e. The average molecular weight is 375 g/mol. The molecule has 0 bridgehead atoms. The highest BCUT2D eigenvalue weighted by molar-refractivity contribution is 5.84. The van der Waals surface area contributed by atoms with Crippen molar-refractivity contribution in [1.82, 2.24) is 4.90 Å². The molecule has 27 heavy (non-hydrogen) atoms. The lowest BCUT2D eigenvalue weighted by Gasteiger charge is -2.41. The van der Waals surface area contributed by atoms with Gasteiger partial charge in [-0.05, 0) is 75.9 Å². The van der Waals surface area contributed by atoms with E-state index in [0.717, 1.165) is 63.2 Å². The van der Waals surface area contributed by atoms with Gasteiger partial charge in [-0.1, -0.05) is 26.2 Å². The molecule has 1 heterocycles. The van der Waals surface area contributed by atoms with Crippen LogP contribution in [0.2, 0.25) is 0 Å². The Bertz CT molecular complexity index is 569. The van der Waals surface area contributed by atoms with Crippen LogP contribution in [0.4, 0.5) is 10.5 Å². The van der Waals surface area contributed by atoms with Gasteiger partial charge >= 0.3 is 6.09 Å². The van der Waals surface area contributed by atoms with E-state index < -0.39 is 0 Å². The summed E-state index contributed by atoms with van der Waals surface area (Å²) in [5.74, 6) is 0.833. The summed E-state index contributed by atoms with van der Waals surface area (Å²) in [4.78, 5) is 15.0. The number of rotatable bonds is 7. The molecule has 5 nitrogen and oxygen atoms in total. The molecule has 0 aromatic heterocycles. The highest BCUT2D eigenvalue weighted by Crippen LogP contribution is 2.28. The molecule has 0 radical (unpaired) electrons. The van der Waals surface area contributed by atoms with Gasteiger partial charge in [0.05, 0.1) is 6.61 Å². The van der Waals surface area contributed by atoms with E-state index in [9.17, 15) is 4.79 Å². The highest BCUT2D eigenvalue weighted by atomic mass is 16.6. The molecule has 150 valence electrons. The van der Waals surface area contributed by atoms with Crippen LogP contribution in [0.25, 0.3) is 0 Å². The minimum atomic E-state index is -0.344. The Balaban J connectivity index is 1.49. The SMILES string of the molecule is CCCCOc1ccc(NC(=O)O[C@H]2CCCC[C@@H]2N2CCCCC2)cc1. The summed E-state index contributed by atoms with van der Waals surface area (Å²) >= 11 is 0. The van der Waals surface area contributed by atoms with E-state index in [1.165, 1.54) is 25.7 Å². The molecule has 1 saturated heterocycles. The number of benzene rings is 1. The Morgan fingerprint density at radius 3 is 2.56 bits per heavy atom. The zero-order valence-electron chi connectivity index (χ0n) is 16.6. The predicted octanol–water partition coefficient (Wildman–Crippen LogP) is 5.21. The molecule has 2 fully saturated rings. The number of carbonyl (C=O) groups is 1. The molecule has 1 amide bonds. The molecule has 2 atom stereocenters. The number of carbonyl (C=O) groups excluding carboxylic acids is 1. The Morgan fingerprint density at radius 2 is 1.81 bits per heavy atom. The predicted molar refractivity (Wildman–Crippen MR) is 108 cm³/mol. The number of amides is 1. The molecule has 1 N–H and O–H groups in total. The van der Waals surface area contributed by atoms with Crippen molar-refractivity contribution in [3.05, 3.63) is 24.3 Å². The standard InChI is InChI=1S/C22H34N2O3/c1-2-3-17-26-19-13-11-18(12-14-19)23-22(25)27-21-10-6-5-9-20(21)24-15-7-4-8-16-24/h11-14,20-21H,2-10,15-17H2,1H3,(H,23,25)/t20-,21-/m0/s1. The maximum absolute atomic E-state index is 12.4. The number of piperidine rings is 1. The van der Waals surface area contributed by atoms with E-state index in [1.807, 2.05) is 24.3 Å². The van der Waals surface area contributed by atoms with Crippen molar-refractivity contribution in [2.45, 2.75) is 76.9 Å². The quantitative estimate of drug-likeness (QED) is 0.666. The minimum Gasteiger partial charge on any atom is -0.494 e. The van der Waals surface area contributed by atoms with Gasteiger partial charge in [0.25, 0.3) is 0 Å². The second-order valence-electron chi connectivity index (χ2n) is 7.74. The maximum Gasteiger partial charge on any atom is 0.411 e. The monoisotopic (exact) mass is 374 g/mol. The number of hydrogen-bond acceptors (Lipinski definition) is 4. The van der Waals surface area contributed by atoms with Crippen molar-refractivity contribution in [2.75, 3.05) is 25.0 Å². The molecule has 0 unspecified atom stereocenters. The van der Waals surface area contributed by atoms with Gasteiger partial charge < -0.3 is 9.47 Å². The zero-order chi connectivity index (χ0) is 18.9. The Hall–Kier alpha value is -1.75. The molecule has 0 spiro atoms. The third-order valence-corrected chi connectivity index (χ3v) is 5.65. The lowest BCUT2D eigenvalue weighted by atomic mass is 9.90. The summed E-state index contributed by atoms with van der Waals surface area (Å²) in [5.41, 5.74) is 0.744. The van der Waals surface area contributed by atoms with Gasteiger partial charge in [0.2, 0.25) is 0 Å². The molecule has 2 aliphatic rings. The van der Waals surface area contributed by atoms with Crippen LogP contribution in [0.5, 0.6) is 5.75 Å². The number of likely N-dealkylation sites (tertiary alicyclic amines) is 1. The van der Waals surface area contributed by atoms with E-state index in [4.69, 9.17) is 9.47 Å². The Labute approximate surface area is 163 Å². The molecular weight excluding hydrogens is 340 g/mol. The van der Waals surface area contributed by atoms with E-state index in [-0.39, 0.29) is 12.2 Å².